The molecule has 0 atom stereocenters. The summed E-state index contributed by atoms with van der Waals surface area (Å²) in [6.45, 7) is 17.8. The maximum absolute atomic E-state index is 5.05. The van der Waals surface area contributed by atoms with Gasteiger partial charge in [-0.1, -0.05) is 140 Å². The van der Waals surface area contributed by atoms with Crippen molar-refractivity contribution in [2.24, 2.45) is 0 Å². The first-order valence-electron chi connectivity index (χ1n) is 15.1. The summed E-state index contributed by atoms with van der Waals surface area (Å²) >= 11 is 0. The number of rotatable bonds is 4. The molecule has 0 aliphatic carbocycles. The Balaban J connectivity index is 1.32. The van der Waals surface area contributed by atoms with Gasteiger partial charge in [-0.05, 0) is 23.3 Å². The fraction of sp³-hybridized carbons (Fsp3) is 0.282. The molecule has 0 spiro atoms. The van der Waals surface area contributed by atoms with Crippen molar-refractivity contribution in [3.63, 3.8) is 0 Å². The van der Waals surface area contributed by atoms with Crippen LogP contribution in [0.2, 0.25) is 0 Å². The van der Waals surface area contributed by atoms with Crippen LogP contribution in [0.4, 0.5) is 0 Å². The van der Waals surface area contributed by atoms with Crippen molar-refractivity contribution in [2.75, 3.05) is 0 Å². The van der Waals surface area contributed by atoms with Gasteiger partial charge < -0.3 is 0 Å². The maximum Gasteiger partial charge on any atom is 0.160 e. The molecule has 6 aromatic rings. The summed E-state index contributed by atoms with van der Waals surface area (Å²) in [5.74, 6) is 1.53. The van der Waals surface area contributed by atoms with Gasteiger partial charge in [-0.2, -0.15) is 0 Å². The van der Waals surface area contributed by atoms with Gasteiger partial charge >= 0.3 is 0 Å². The number of aromatic nitrogens is 4. The van der Waals surface area contributed by atoms with Crippen molar-refractivity contribution in [2.45, 2.75) is 71.6 Å². The van der Waals surface area contributed by atoms with Gasteiger partial charge in [0.15, 0.2) is 11.6 Å². The average molecular weight is 565 g/mol. The lowest BCUT2D eigenvalue weighted by Gasteiger charge is -2.27. The van der Waals surface area contributed by atoms with E-state index in [9.17, 15) is 0 Å². The van der Waals surface area contributed by atoms with Crippen LogP contribution in [0.5, 0.6) is 0 Å². The number of fused-ring (bicyclic) bond motifs is 2. The van der Waals surface area contributed by atoms with E-state index in [-0.39, 0.29) is 16.2 Å². The molecule has 0 unspecified atom stereocenters. The van der Waals surface area contributed by atoms with Crippen LogP contribution in [0.15, 0.2) is 97.1 Å². The first-order chi connectivity index (χ1) is 20.3. The summed E-state index contributed by atoms with van der Waals surface area (Å²) in [5, 5.41) is 2.23. The molecule has 4 nitrogen and oxygen atoms in total. The second-order valence-corrected chi connectivity index (χ2v) is 14.1. The zero-order chi connectivity index (χ0) is 30.6. The topological polar surface area (TPSA) is 51.6 Å². The SMILES string of the molecule is CC(C)(C)c1nc(-c2ccc(C(C)(C)c3ccc(-c4nc(C(C)(C)C)c5ccccc5n4)cc3)cc2)nc2ccccc12. The molecule has 6 rings (SSSR count). The minimum absolute atomic E-state index is 0.0857. The van der Waals surface area contributed by atoms with Gasteiger partial charge in [0.2, 0.25) is 0 Å². The molecule has 0 amide bonds. The van der Waals surface area contributed by atoms with Gasteiger partial charge in [0.25, 0.3) is 0 Å². The predicted molar refractivity (Wildman–Crippen MR) is 179 cm³/mol. The summed E-state index contributed by atoms with van der Waals surface area (Å²) in [5.41, 5.74) is 8.25. The lowest BCUT2D eigenvalue weighted by Crippen LogP contribution is -2.19. The largest absolute Gasteiger partial charge is 0.232 e. The van der Waals surface area contributed by atoms with Crippen molar-refractivity contribution >= 4 is 21.8 Å². The zero-order valence-electron chi connectivity index (χ0n) is 26.5. The van der Waals surface area contributed by atoms with Gasteiger partial charge in [-0.15, -0.1) is 0 Å². The first kappa shape index (κ1) is 28.7. The van der Waals surface area contributed by atoms with E-state index in [1.165, 1.54) is 11.1 Å². The minimum Gasteiger partial charge on any atom is -0.232 e. The van der Waals surface area contributed by atoms with E-state index in [4.69, 9.17) is 19.9 Å². The van der Waals surface area contributed by atoms with Crippen LogP contribution >= 0.6 is 0 Å². The van der Waals surface area contributed by atoms with Crippen LogP contribution in [0.1, 0.15) is 77.9 Å². The van der Waals surface area contributed by atoms with Crippen molar-refractivity contribution in [3.05, 3.63) is 120 Å². The molecule has 2 heterocycles. The third-order valence-corrected chi connectivity index (χ3v) is 8.36. The predicted octanol–water partition coefficient (Wildman–Crippen LogP) is 9.83. The van der Waals surface area contributed by atoms with Crippen molar-refractivity contribution in [1.29, 1.82) is 0 Å². The molecule has 4 aromatic carbocycles. The highest BCUT2D eigenvalue weighted by atomic mass is 14.9. The van der Waals surface area contributed by atoms with Crippen LogP contribution < -0.4 is 0 Å². The fourth-order valence-electron chi connectivity index (χ4n) is 5.79. The second-order valence-electron chi connectivity index (χ2n) is 14.1. The van der Waals surface area contributed by atoms with Gasteiger partial charge in [0, 0.05) is 38.1 Å². The Hall–Kier alpha value is -4.44. The normalized spacial score (nSPS) is 12.7. The highest BCUT2D eigenvalue weighted by Crippen LogP contribution is 2.36. The molecule has 0 saturated heterocycles. The van der Waals surface area contributed by atoms with Crippen molar-refractivity contribution < 1.29 is 0 Å². The highest BCUT2D eigenvalue weighted by Gasteiger charge is 2.25. The molecule has 2 aromatic heterocycles. The lowest BCUT2D eigenvalue weighted by molar-refractivity contribution is 0.574. The Labute approximate surface area is 255 Å². The Bertz CT molecular complexity index is 1800. The van der Waals surface area contributed by atoms with E-state index < -0.39 is 0 Å². The monoisotopic (exact) mass is 564 g/mol. The number of nitrogens with zero attached hydrogens (tertiary/aromatic N) is 4. The molecule has 0 fully saturated rings. The number of benzene rings is 4. The molecule has 0 radical (unpaired) electrons. The van der Waals surface area contributed by atoms with E-state index in [1.807, 2.05) is 12.1 Å². The maximum atomic E-state index is 5.05. The molecule has 216 valence electrons. The number of para-hydroxylation sites is 2. The molecule has 43 heavy (non-hydrogen) atoms. The van der Waals surface area contributed by atoms with E-state index in [0.29, 0.717) is 0 Å². The van der Waals surface area contributed by atoms with E-state index in [0.717, 1.165) is 56.0 Å². The number of hydrogen-bond acceptors (Lipinski definition) is 4. The van der Waals surface area contributed by atoms with Crippen molar-refractivity contribution in [3.8, 4) is 22.8 Å². The lowest BCUT2D eigenvalue weighted by atomic mass is 9.77. The Morgan fingerprint density at radius 1 is 0.395 bits per heavy atom. The summed E-state index contributed by atoms with van der Waals surface area (Å²) in [4.78, 5) is 19.9. The van der Waals surface area contributed by atoms with Crippen LogP contribution in [0.25, 0.3) is 44.6 Å². The van der Waals surface area contributed by atoms with Gasteiger partial charge in [-0.25, -0.2) is 19.9 Å². The van der Waals surface area contributed by atoms with Gasteiger partial charge in [-0.3, -0.25) is 0 Å². The molecular weight excluding hydrogens is 524 g/mol. The molecule has 0 bridgehead atoms. The van der Waals surface area contributed by atoms with Crippen LogP contribution in [-0.2, 0) is 16.2 Å². The molecule has 0 saturated carbocycles. The van der Waals surface area contributed by atoms with Gasteiger partial charge in [0.1, 0.15) is 0 Å². The summed E-state index contributed by atoms with van der Waals surface area (Å²) in [6, 6.07) is 34.0. The molecule has 4 heteroatoms. The Kier molecular flexibility index (Phi) is 6.92. The summed E-state index contributed by atoms with van der Waals surface area (Å²) in [7, 11) is 0. The van der Waals surface area contributed by atoms with E-state index >= 15 is 0 Å². The standard InChI is InChI=1S/C39H40N4/c1-37(2,3)33-29-13-9-11-15-31(29)40-35(42-33)25-17-21-27(22-18-25)39(7,8)28-23-19-26(20-24-28)36-41-32-16-12-10-14-30(32)34(43-36)38(4,5)6/h9-24H,1-8H3. The van der Waals surface area contributed by atoms with Crippen LogP contribution in [0, 0.1) is 0 Å². The summed E-state index contributed by atoms with van der Waals surface area (Å²) < 4.78 is 0. The van der Waals surface area contributed by atoms with Gasteiger partial charge in [0.05, 0.1) is 22.4 Å². The average Bonchev–Trinajstić information content (AvgIpc) is 2.99. The third kappa shape index (κ3) is 5.43. The molecule has 0 N–H and O–H groups in total. The van der Waals surface area contributed by atoms with Crippen LogP contribution in [-0.4, -0.2) is 19.9 Å². The first-order valence-corrected chi connectivity index (χ1v) is 15.1. The molecular formula is C39H40N4. The smallest absolute Gasteiger partial charge is 0.160 e. The number of hydrogen-bond donors (Lipinski definition) is 0. The van der Waals surface area contributed by atoms with E-state index in [2.05, 4.69) is 140 Å². The summed E-state index contributed by atoms with van der Waals surface area (Å²) in [6.07, 6.45) is 0. The molecule has 0 aliphatic rings. The Morgan fingerprint density at radius 3 is 1.09 bits per heavy atom. The fourth-order valence-corrected chi connectivity index (χ4v) is 5.79. The van der Waals surface area contributed by atoms with Crippen molar-refractivity contribution in [1.82, 2.24) is 19.9 Å². The zero-order valence-corrected chi connectivity index (χ0v) is 26.5. The highest BCUT2D eigenvalue weighted by molar-refractivity contribution is 5.84. The van der Waals surface area contributed by atoms with Crippen LogP contribution in [0.3, 0.4) is 0 Å². The Morgan fingerprint density at radius 2 is 0.744 bits per heavy atom. The second kappa shape index (κ2) is 10.4. The van der Waals surface area contributed by atoms with E-state index in [1.54, 1.807) is 0 Å². The minimum atomic E-state index is -0.196. The quantitative estimate of drug-likeness (QED) is 0.214. The third-order valence-electron chi connectivity index (χ3n) is 8.36. The molecule has 0 aliphatic heterocycles.